The number of nitrogens with one attached hydrogen (secondary N) is 1. The zero-order chi connectivity index (χ0) is 14.8. The highest BCUT2D eigenvalue weighted by Crippen LogP contribution is 2.26. The Hall–Kier alpha value is -0.900. The lowest BCUT2D eigenvalue weighted by atomic mass is 10.1. The Kier molecular flexibility index (Phi) is 4.84. The van der Waals surface area contributed by atoms with Gasteiger partial charge in [-0.15, -0.1) is 0 Å². The van der Waals surface area contributed by atoms with Crippen LogP contribution in [0.15, 0.2) is 20.0 Å². The zero-order valence-corrected chi connectivity index (χ0v) is 12.9. The highest BCUT2D eigenvalue weighted by molar-refractivity contribution is 9.10. The molecule has 112 valence electrons. The van der Waals surface area contributed by atoms with Gasteiger partial charge < -0.3 is 14.3 Å². The fourth-order valence-corrected chi connectivity index (χ4v) is 3.89. The molecule has 0 aromatic carbocycles. The first-order valence-electron chi connectivity index (χ1n) is 6.04. The van der Waals surface area contributed by atoms with Crippen LogP contribution in [0.5, 0.6) is 0 Å². The average Bonchev–Trinajstić information content (AvgIpc) is 2.81. The Morgan fingerprint density at radius 1 is 1.50 bits per heavy atom. The van der Waals surface area contributed by atoms with Gasteiger partial charge in [-0.05, 0) is 35.2 Å². The largest absolute Gasteiger partial charge is 0.475 e. The summed E-state index contributed by atoms with van der Waals surface area (Å²) in [5.41, 5.74) is 0. The Balaban J connectivity index is 2.07. The minimum atomic E-state index is -3.84. The minimum Gasteiger partial charge on any atom is -0.475 e. The number of rotatable bonds is 5. The molecule has 1 aromatic heterocycles. The van der Waals surface area contributed by atoms with Crippen LogP contribution in [0.1, 0.15) is 29.8 Å². The molecule has 0 radical (unpaired) electrons. The number of hydrogen-bond donors (Lipinski definition) is 2. The Morgan fingerprint density at radius 2 is 2.25 bits per heavy atom. The van der Waals surface area contributed by atoms with Crippen molar-refractivity contribution >= 4 is 31.9 Å². The van der Waals surface area contributed by atoms with Gasteiger partial charge in [0.15, 0.2) is 4.67 Å². The van der Waals surface area contributed by atoms with E-state index in [9.17, 15) is 13.2 Å². The van der Waals surface area contributed by atoms with E-state index in [4.69, 9.17) is 14.3 Å². The lowest BCUT2D eigenvalue weighted by Gasteiger charge is -2.22. The normalized spacial score (nSPS) is 19.9. The van der Waals surface area contributed by atoms with Crippen LogP contribution >= 0.6 is 15.9 Å². The van der Waals surface area contributed by atoms with Crippen molar-refractivity contribution in [1.82, 2.24) is 4.72 Å². The molecule has 2 N–H and O–H groups in total. The second-order valence-corrected chi connectivity index (χ2v) is 6.85. The van der Waals surface area contributed by atoms with Crippen molar-refractivity contribution < 1.29 is 27.5 Å². The van der Waals surface area contributed by atoms with Crippen LogP contribution in [-0.2, 0) is 14.8 Å². The first-order valence-corrected chi connectivity index (χ1v) is 8.31. The van der Waals surface area contributed by atoms with Gasteiger partial charge in [-0.1, -0.05) is 0 Å². The Bertz CT molecular complexity index is 590. The number of ether oxygens (including phenoxy) is 1. The van der Waals surface area contributed by atoms with Crippen molar-refractivity contribution in [3.8, 4) is 0 Å². The Morgan fingerprint density at radius 3 is 2.80 bits per heavy atom. The summed E-state index contributed by atoms with van der Waals surface area (Å²) in [5, 5.41) is 8.77. The fraction of sp³-hybridized carbons (Fsp3) is 0.545. The molecule has 0 aliphatic carbocycles. The molecule has 9 heteroatoms. The van der Waals surface area contributed by atoms with Gasteiger partial charge in [0, 0.05) is 19.2 Å². The maximum Gasteiger partial charge on any atom is 0.371 e. The number of carbonyl (C=O) groups is 1. The number of hydrogen-bond acceptors (Lipinski definition) is 5. The topological polar surface area (TPSA) is 106 Å². The molecule has 1 unspecified atom stereocenters. The van der Waals surface area contributed by atoms with Gasteiger partial charge in [-0.2, -0.15) is 0 Å². The van der Waals surface area contributed by atoms with Gasteiger partial charge in [0.25, 0.3) is 0 Å². The van der Waals surface area contributed by atoms with Crippen LogP contribution < -0.4 is 4.72 Å². The van der Waals surface area contributed by atoms with Gasteiger partial charge in [0.1, 0.15) is 4.90 Å². The number of halogens is 1. The van der Waals surface area contributed by atoms with E-state index in [2.05, 4.69) is 20.7 Å². The molecule has 1 atom stereocenters. The van der Waals surface area contributed by atoms with Crippen LogP contribution in [0.2, 0.25) is 0 Å². The van der Waals surface area contributed by atoms with Gasteiger partial charge in [-0.3, -0.25) is 0 Å². The lowest BCUT2D eigenvalue weighted by molar-refractivity contribution is 0.0200. The SMILES string of the molecule is O=C(O)c1cc(S(=O)(=O)NCC2CCCCO2)c(Br)o1. The second kappa shape index (κ2) is 6.25. The quantitative estimate of drug-likeness (QED) is 0.818. The lowest BCUT2D eigenvalue weighted by Crippen LogP contribution is -2.35. The highest BCUT2D eigenvalue weighted by Gasteiger charge is 2.26. The predicted molar refractivity (Wildman–Crippen MR) is 72.1 cm³/mol. The number of aromatic carboxylic acids is 1. The maximum atomic E-state index is 12.1. The van der Waals surface area contributed by atoms with E-state index in [1.807, 2.05) is 0 Å². The summed E-state index contributed by atoms with van der Waals surface area (Å²) in [6, 6.07) is 0.969. The smallest absolute Gasteiger partial charge is 0.371 e. The van der Waals surface area contributed by atoms with E-state index >= 15 is 0 Å². The number of carboxylic acid groups (broad SMARTS) is 1. The van der Waals surface area contributed by atoms with E-state index in [1.165, 1.54) is 0 Å². The van der Waals surface area contributed by atoms with Crippen LogP contribution in [0.3, 0.4) is 0 Å². The van der Waals surface area contributed by atoms with E-state index in [-0.39, 0.29) is 22.2 Å². The van der Waals surface area contributed by atoms with Crippen LogP contribution in [-0.4, -0.2) is 38.7 Å². The molecule has 0 saturated carbocycles. The van der Waals surface area contributed by atoms with Gasteiger partial charge in [0.2, 0.25) is 15.8 Å². The summed E-state index contributed by atoms with van der Waals surface area (Å²) >= 11 is 2.91. The minimum absolute atomic E-state index is 0.132. The van der Waals surface area contributed by atoms with Crippen molar-refractivity contribution in [2.75, 3.05) is 13.2 Å². The molecule has 0 amide bonds. The molecule has 1 fully saturated rings. The number of furan rings is 1. The van der Waals surface area contributed by atoms with Gasteiger partial charge in [0.05, 0.1) is 6.10 Å². The summed E-state index contributed by atoms with van der Waals surface area (Å²) in [4.78, 5) is 10.5. The number of carboxylic acids is 1. The third-order valence-electron chi connectivity index (χ3n) is 2.93. The standard InChI is InChI=1S/C11H14BrNO6S/c12-10-9(5-8(19-10)11(14)15)20(16,17)13-6-7-3-1-2-4-18-7/h5,7,13H,1-4,6H2,(H,14,15). The van der Waals surface area contributed by atoms with E-state index in [1.54, 1.807) is 0 Å². The molecule has 1 aliphatic heterocycles. The Labute approximate surface area is 124 Å². The molecule has 2 heterocycles. The van der Waals surface area contributed by atoms with Crippen LogP contribution in [0.4, 0.5) is 0 Å². The first kappa shape index (κ1) is 15.5. The third-order valence-corrected chi connectivity index (χ3v) is 5.21. The molecule has 2 rings (SSSR count). The van der Waals surface area contributed by atoms with E-state index in [0.29, 0.717) is 6.61 Å². The zero-order valence-electron chi connectivity index (χ0n) is 10.5. The molecule has 0 spiro atoms. The van der Waals surface area contributed by atoms with Crippen molar-refractivity contribution in [1.29, 1.82) is 0 Å². The summed E-state index contributed by atoms with van der Waals surface area (Å²) in [7, 11) is -3.84. The van der Waals surface area contributed by atoms with E-state index in [0.717, 1.165) is 25.3 Å². The second-order valence-electron chi connectivity index (χ2n) is 4.39. The monoisotopic (exact) mass is 367 g/mol. The fourth-order valence-electron chi connectivity index (χ4n) is 1.89. The van der Waals surface area contributed by atoms with Crippen molar-refractivity contribution in [3.63, 3.8) is 0 Å². The first-order chi connectivity index (χ1) is 9.40. The summed E-state index contributed by atoms with van der Waals surface area (Å²) in [6.45, 7) is 0.785. The molecule has 1 aromatic rings. The molecule has 1 saturated heterocycles. The van der Waals surface area contributed by atoms with Gasteiger partial charge in [-0.25, -0.2) is 17.9 Å². The predicted octanol–water partition coefficient (Wildman–Crippen LogP) is 1.59. The number of sulfonamides is 1. The van der Waals surface area contributed by atoms with Gasteiger partial charge >= 0.3 is 5.97 Å². The summed E-state index contributed by atoms with van der Waals surface area (Å²) < 4.78 is 36.7. The molecule has 1 aliphatic rings. The molecule has 0 bridgehead atoms. The average molecular weight is 368 g/mol. The molecule has 7 nitrogen and oxygen atoms in total. The van der Waals surface area contributed by atoms with Crippen LogP contribution in [0.25, 0.3) is 0 Å². The summed E-state index contributed by atoms with van der Waals surface area (Å²) in [5.74, 6) is -1.77. The summed E-state index contributed by atoms with van der Waals surface area (Å²) in [6.07, 6.45) is 2.64. The van der Waals surface area contributed by atoms with Crippen molar-refractivity contribution in [2.45, 2.75) is 30.3 Å². The highest BCUT2D eigenvalue weighted by atomic mass is 79.9. The van der Waals surface area contributed by atoms with Crippen LogP contribution in [0, 0.1) is 0 Å². The molecular weight excluding hydrogens is 354 g/mol. The molecular formula is C11H14BrNO6S. The molecule has 20 heavy (non-hydrogen) atoms. The third kappa shape index (κ3) is 3.60. The van der Waals surface area contributed by atoms with E-state index < -0.39 is 21.8 Å². The van der Waals surface area contributed by atoms with Crippen molar-refractivity contribution in [3.05, 3.63) is 16.5 Å². The maximum absolute atomic E-state index is 12.1. The van der Waals surface area contributed by atoms with Crippen molar-refractivity contribution in [2.24, 2.45) is 0 Å².